The van der Waals surface area contributed by atoms with Crippen LogP contribution in [0.4, 0.5) is 13.2 Å². The Hall–Kier alpha value is -0.880. The van der Waals surface area contributed by atoms with E-state index < -0.39 is 30.3 Å². The predicted octanol–water partition coefficient (Wildman–Crippen LogP) is 1.87. The normalized spacial score (nSPS) is 27.1. The van der Waals surface area contributed by atoms with Crippen molar-refractivity contribution in [3.05, 3.63) is 12.2 Å². The highest BCUT2D eigenvalue weighted by Crippen LogP contribution is 2.33. The number of carbonyl (C=O) groups excluding carboxylic acids is 1. The van der Waals surface area contributed by atoms with Crippen molar-refractivity contribution in [3.8, 4) is 0 Å². The van der Waals surface area contributed by atoms with Crippen LogP contribution in [0, 0.1) is 0 Å². The maximum Gasteiger partial charge on any atom is 0.417 e. The van der Waals surface area contributed by atoms with Gasteiger partial charge in [0.1, 0.15) is 12.2 Å². The maximum absolute atomic E-state index is 12.3. The van der Waals surface area contributed by atoms with E-state index in [2.05, 4.69) is 11.3 Å². The molecule has 1 heterocycles. The Balaban J connectivity index is 2.50. The summed E-state index contributed by atoms with van der Waals surface area (Å²) in [6.07, 6.45) is -8.39. The molecule has 0 aromatic carbocycles. The van der Waals surface area contributed by atoms with E-state index in [0.29, 0.717) is 0 Å². The van der Waals surface area contributed by atoms with Crippen molar-refractivity contribution >= 4 is 5.78 Å². The van der Waals surface area contributed by atoms with Crippen molar-refractivity contribution in [3.63, 3.8) is 0 Å². The van der Waals surface area contributed by atoms with Gasteiger partial charge in [0.05, 0.1) is 6.61 Å². The van der Waals surface area contributed by atoms with Crippen LogP contribution in [0.25, 0.3) is 0 Å². The van der Waals surface area contributed by atoms with Crippen LogP contribution in [0.1, 0.15) is 13.8 Å². The summed E-state index contributed by atoms with van der Waals surface area (Å²) < 4.78 is 46.1. The van der Waals surface area contributed by atoms with E-state index in [1.807, 2.05) is 0 Å². The Bertz CT molecular complexity index is 298. The van der Waals surface area contributed by atoms with Crippen LogP contribution in [0.5, 0.6) is 0 Å². The summed E-state index contributed by atoms with van der Waals surface area (Å²) in [5.74, 6) is -0.396. The number of ether oxygens (including phenoxy) is 2. The van der Waals surface area contributed by atoms with Crippen LogP contribution < -0.4 is 0 Å². The van der Waals surface area contributed by atoms with Gasteiger partial charge in [-0.3, -0.25) is 4.79 Å². The van der Waals surface area contributed by atoms with Gasteiger partial charge in [0.25, 0.3) is 0 Å². The molecule has 0 bridgehead atoms. The Morgan fingerprint density at radius 2 is 2.12 bits per heavy atom. The first-order chi connectivity index (χ1) is 7.23. The molecule has 3 unspecified atom stereocenters. The van der Waals surface area contributed by atoms with Crippen LogP contribution in [-0.2, 0) is 14.3 Å². The molecular formula is C10H13F3O3. The highest BCUT2D eigenvalue weighted by atomic mass is 19.4. The Labute approximate surface area is 91.2 Å². The van der Waals surface area contributed by atoms with E-state index in [1.165, 1.54) is 13.8 Å². The van der Waals surface area contributed by atoms with Crippen LogP contribution in [0.3, 0.4) is 0 Å². The molecule has 0 aromatic rings. The second-order valence-corrected chi connectivity index (χ2v) is 3.76. The van der Waals surface area contributed by atoms with Crippen LogP contribution in [-0.4, -0.2) is 36.9 Å². The minimum atomic E-state index is -4.45. The maximum atomic E-state index is 12.3. The van der Waals surface area contributed by atoms with E-state index in [0.717, 1.165) is 0 Å². The third-order valence-electron chi connectivity index (χ3n) is 2.27. The SMILES string of the molecule is C=C(C)C(=O)C(C)OC1COC1C(F)(F)F. The first-order valence-corrected chi connectivity index (χ1v) is 4.77. The zero-order valence-electron chi connectivity index (χ0n) is 9.00. The molecule has 6 heteroatoms. The zero-order valence-corrected chi connectivity index (χ0v) is 9.00. The lowest BCUT2D eigenvalue weighted by atomic mass is 10.1. The standard InChI is InChI=1S/C10H13F3O3/c1-5(2)8(14)6(3)16-7-4-15-9(7)10(11,12)13/h6-7,9H,1,4H2,2-3H3. The number of rotatable bonds is 4. The van der Waals surface area contributed by atoms with Crippen molar-refractivity contribution in [1.82, 2.24) is 0 Å². The molecule has 0 N–H and O–H groups in total. The topological polar surface area (TPSA) is 35.5 Å². The highest BCUT2D eigenvalue weighted by Gasteiger charge is 2.53. The lowest BCUT2D eigenvalue weighted by Crippen LogP contribution is -2.56. The monoisotopic (exact) mass is 238 g/mol. The predicted molar refractivity (Wildman–Crippen MR) is 50.0 cm³/mol. The van der Waals surface area contributed by atoms with Crippen LogP contribution in [0.2, 0.25) is 0 Å². The summed E-state index contributed by atoms with van der Waals surface area (Å²) in [6, 6.07) is 0. The molecule has 1 aliphatic rings. The number of alkyl halides is 3. The second kappa shape index (κ2) is 4.55. The van der Waals surface area contributed by atoms with Gasteiger partial charge in [0.2, 0.25) is 0 Å². The van der Waals surface area contributed by atoms with Gasteiger partial charge in [-0.05, 0) is 19.4 Å². The average molecular weight is 238 g/mol. The number of hydrogen-bond acceptors (Lipinski definition) is 3. The molecule has 1 rings (SSSR count). The molecule has 92 valence electrons. The van der Waals surface area contributed by atoms with Gasteiger partial charge in [-0.2, -0.15) is 13.2 Å². The second-order valence-electron chi connectivity index (χ2n) is 3.76. The Kier molecular flexibility index (Phi) is 3.75. The molecule has 3 nitrogen and oxygen atoms in total. The summed E-state index contributed by atoms with van der Waals surface area (Å²) >= 11 is 0. The van der Waals surface area contributed by atoms with E-state index in [1.54, 1.807) is 0 Å². The van der Waals surface area contributed by atoms with Gasteiger partial charge in [-0.25, -0.2) is 0 Å². The third-order valence-corrected chi connectivity index (χ3v) is 2.27. The van der Waals surface area contributed by atoms with Crippen LogP contribution in [0.15, 0.2) is 12.2 Å². The minimum Gasteiger partial charge on any atom is -0.363 e. The fourth-order valence-corrected chi connectivity index (χ4v) is 1.36. The van der Waals surface area contributed by atoms with Gasteiger partial charge in [0.15, 0.2) is 11.9 Å². The van der Waals surface area contributed by atoms with Crippen molar-refractivity contribution in [2.75, 3.05) is 6.61 Å². The lowest BCUT2D eigenvalue weighted by molar-refractivity contribution is -0.315. The largest absolute Gasteiger partial charge is 0.417 e. The molecule has 1 saturated heterocycles. The van der Waals surface area contributed by atoms with E-state index in [4.69, 9.17) is 4.74 Å². The number of ketones is 1. The zero-order chi connectivity index (χ0) is 12.5. The summed E-state index contributed by atoms with van der Waals surface area (Å²) in [6.45, 7) is 6.16. The molecule has 0 aliphatic carbocycles. The van der Waals surface area contributed by atoms with Crippen molar-refractivity contribution in [1.29, 1.82) is 0 Å². The quantitative estimate of drug-likeness (QED) is 0.701. The van der Waals surface area contributed by atoms with Gasteiger partial charge >= 0.3 is 6.18 Å². The smallest absolute Gasteiger partial charge is 0.363 e. The first kappa shape index (κ1) is 13.2. The number of halogens is 3. The molecule has 1 aliphatic heterocycles. The molecular weight excluding hydrogens is 225 g/mol. The highest BCUT2D eigenvalue weighted by molar-refractivity contribution is 5.97. The molecule has 1 fully saturated rings. The summed E-state index contributed by atoms with van der Waals surface area (Å²) in [5, 5.41) is 0. The Morgan fingerprint density at radius 3 is 2.44 bits per heavy atom. The lowest BCUT2D eigenvalue weighted by Gasteiger charge is -2.38. The molecule has 0 aromatic heterocycles. The van der Waals surface area contributed by atoms with Crippen molar-refractivity contribution in [2.24, 2.45) is 0 Å². The molecule has 0 radical (unpaired) electrons. The fourth-order valence-electron chi connectivity index (χ4n) is 1.36. The van der Waals surface area contributed by atoms with Crippen molar-refractivity contribution in [2.45, 2.75) is 38.3 Å². The van der Waals surface area contributed by atoms with Crippen molar-refractivity contribution < 1.29 is 27.4 Å². The summed E-state index contributed by atoms with van der Waals surface area (Å²) in [7, 11) is 0. The molecule has 16 heavy (non-hydrogen) atoms. The third kappa shape index (κ3) is 2.82. The number of hydrogen-bond donors (Lipinski definition) is 0. The van der Waals surface area contributed by atoms with Gasteiger partial charge in [0, 0.05) is 0 Å². The average Bonchev–Trinajstić information content (AvgIpc) is 2.07. The summed E-state index contributed by atoms with van der Waals surface area (Å²) in [4.78, 5) is 11.3. The van der Waals surface area contributed by atoms with Gasteiger partial charge < -0.3 is 9.47 Å². The number of carbonyl (C=O) groups is 1. The van der Waals surface area contributed by atoms with E-state index >= 15 is 0 Å². The van der Waals surface area contributed by atoms with E-state index in [9.17, 15) is 18.0 Å². The molecule has 0 amide bonds. The fraction of sp³-hybridized carbons (Fsp3) is 0.700. The summed E-state index contributed by atoms with van der Waals surface area (Å²) in [5.41, 5.74) is 0.260. The molecule has 0 spiro atoms. The van der Waals surface area contributed by atoms with Gasteiger partial charge in [-0.1, -0.05) is 6.58 Å². The first-order valence-electron chi connectivity index (χ1n) is 4.77. The minimum absolute atomic E-state index is 0.141. The van der Waals surface area contributed by atoms with E-state index in [-0.39, 0.29) is 12.2 Å². The Morgan fingerprint density at radius 1 is 1.56 bits per heavy atom. The number of Topliss-reactive ketones (excluding diaryl/α,β-unsaturated/α-hetero) is 1. The van der Waals surface area contributed by atoms with Crippen LogP contribution >= 0.6 is 0 Å². The molecule has 0 saturated carbocycles. The molecule has 3 atom stereocenters. The van der Waals surface area contributed by atoms with Gasteiger partial charge in [-0.15, -0.1) is 0 Å².